The van der Waals surface area contributed by atoms with Crippen molar-refractivity contribution >= 4 is 34.4 Å². The van der Waals surface area contributed by atoms with E-state index in [9.17, 15) is 0 Å². The van der Waals surface area contributed by atoms with Gasteiger partial charge in [0, 0.05) is 5.39 Å². The summed E-state index contributed by atoms with van der Waals surface area (Å²) in [7, 11) is 0. The number of fused-ring (bicyclic) bond motifs is 1. The molecule has 0 N–H and O–H groups in total. The van der Waals surface area contributed by atoms with E-state index < -0.39 is 0 Å². The second-order valence-corrected chi connectivity index (χ2v) is 5.71. The Balaban J connectivity index is 2.71. The molecule has 0 fully saturated rings. The molecule has 0 atom stereocenters. The largest absolute Gasteiger partial charge is 0.237 e. The van der Waals surface area contributed by atoms with Crippen LogP contribution in [0, 0.1) is 11.3 Å². The maximum absolute atomic E-state index is 9.02. The van der Waals surface area contributed by atoms with Gasteiger partial charge in [0.1, 0.15) is 11.8 Å². The molecule has 1 aromatic carbocycles. The van der Waals surface area contributed by atoms with Crippen LogP contribution in [0.25, 0.3) is 10.9 Å². The number of rotatable bonds is 3. The summed E-state index contributed by atoms with van der Waals surface area (Å²) in [6, 6.07) is 12.0. The second-order valence-electron chi connectivity index (χ2n) is 3.53. The predicted molar refractivity (Wildman–Crippen MR) is 76.2 cm³/mol. The van der Waals surface area contributed by atoms with Crippen LogP contribution >= 0.6 is 23.5 Å². The van der Waals surface area contributed by atoms with Crippen molar-refractivity contribution in [1.29, 1.82) is 5.26 Å². The lowest BCUT2D eigenvalue weighted by molar-refractivity contribution is 1.28. The first kappa shape index (κ1) is 12.3. The molecule has 0 aliphatic rings. The van der Waals surface area contributed by atoms with E-state index in [4.69, 9.17) is 5.26 Å². The van der Waals surface area contributed by atoms with E-state index in [-0.39, 0.29) is 0 Å². The van der Waals surface area contributed by atoms with Gasteiger partial charge >= 0.3 is 0 Å². The summed E-state index contributed by atoms with van der Waals surface area (Å²) in [5, 5.41) is 10.2. The molecule has 86 valence electrons. The molecule has 17 heavy (non-hydrogen) atoms. The number of thioether (sulfide) groups is 2. The number of nitrogens with zero attached hydrogens (tertiary/aromatic N) is 2. The van der Waals surface area contributed by atoms with Crippen LogP contribution in [0.2, 0.25) is 0 Å². The lowest BCUT2D eigenvalue weighted by atomic mass is 10.1. The molecular weight excluding hydrogens is 248 g/mol. The van der Waals surface area contributed by atoms with E-state index in [1.807, 2.05) is 24.3 Å². The lowest BCUT2D eigenvalue weighted by Crippen LogP contribution is -1.94. The Morgan fingerprint density at radius 3 is 2.59 bits per heavy atom. The number of pyridine rings is 1. The summed E-state index contributed by atoms with van der Waals surface area (Å²) < 4.78 is 0.343. The van der Waals surface area contributed by atoms with Gasteiger partial charge < -0.3 is 0 Å². The zero-order valence-corrected chi connectivity index (χ0v) is 11.3. The van der Waals surface area contributed by atoms with Crippen LogP contribution in [0.3, 0.4) is 0 Å². The van der Waals surface area contributed by atoms with Crippen LogP contribution < -0.4 is 0 Å². The van der Waals surface area contributed by atoms with E-state index in [2.05, 4.69) is 29.6 Å². The third-order valence-electron chi connectivity index (χ3n) is 2.54. The number of aromatic nitrogens is 1. The molecule has 0 saturated carbocycles. The minimum Gasteiger partial charge on any atom is -0.237 e. The third-order valence-corrected chi connectivity index (χ3v) is 5.06. The molecule has 0 spiro atoms. The molecule has 0 aliphatic heterocycles. The first-order chi connectivity index (χ1) is 8.30. The number of para-hydroxylation sites is 1. The highest BCUT2D eigenvalue weighted by atomic mass is 32.2. The first-order valence-corrected chi connectivity index (χ1v) is 7.73. The van der Waals surface area contributed by atoms with Crippen LogP contribution in [0.15, 0.2) is 30.3 Å². The Hall–Kier alpha value is -1.18. The zero-order valence-electron chi connectivity index (χ0n) is 9.68. The van der Waals surface area contributed by atoms with Gasteiger partial charge in [-0.2, -0.15) is 5.26 Å². The van der Waals surface area contributed by atoms with E-state index in [1.54, 1.807) is 23.5 Å². The minimum absolute atomic E-state index is 0.343. The Labute approximate surface area is 109 Å². The Morgan fingerprint density at radius 1 is 1.24 bits per heavy atom. The summed E-state index contributed by atoms with van der Waals surface area (Å²) in [5.41, 5.74) is 2.58. The molecule has 0 aliphatic carbocycles. The minimum atomic E-state index is 0.343. The summed E-state index contributed by atoms with van der Waals surface area (Å²) in [5.74, 6) is 0. The predicted octanol–water partition coefficient (Wildman–Crippen LogP) is 3.83. The van der Waals surface area contributed by atoms with Gasteiger partial charge in [0.05, 0.1) is 10.1 Å². The molecule has 2 rings (SSSR count). The van der Waals surface area contributed by atoms with Crippen LogP contribution in [0.5, 0.6) is 0 Å². The second kappa shape index (κ2) is 5.44. The first-order valence-electron chi connectivity index (χ1n) is 5.15. The summed E-state index contributed by atoms with van der Waals surface area (Å²) in [4.78, 5) is 4.33. The topological polar surface area (TPSA) is 36.7 Å². The highest BCUT2D eigenvalue weighted by Crippen LogP contribution is 2.39. The molecule has 0 radical (unpaired) electrons. The third kappa shape index (κ3) is 2.41. The number of nitriles is 1. The molecule has 0 unspecified atom stereocenters. The van der Waals surface area contributed by atoms with Gasteiger partial charge in [-0.25, -0.2) is 4.98 Å². The number of hydrogen-bond donors (Lipinski definition) is 0. The van der Waals surface area contributed by atoms with E-state index in [0.717, 1.165) is 10.9 Å². The highest BCUT2D eigenvalue weighted by Gasteiger charge is 2.13. The van der Waals surface area contributed by atoms with E-state index >= 15 is 0 Å². The maximum Gasteiger partial charge on any atom is 0.141 e. The van der Waals surface area contributed by atoms with Crippen molar-refractivity contribution in [2.45, 2.75) is 4.58 Å². The van der Waals surface area contributed by atoms with Crippen molar-refractivity contribution in [3.05, 3.63) is 41.6 Å². The molecular formula is C13H12N2S2. The number of benzene rings is 1. The van der Waals surface area contributed by atoms with Gasteiger partial charge in [-0.3, -0.25) is 0 Å². The molecule has 1 heterocycles. The van der Waals surface area contributed by atoms with Gasteiger partial charge in [0.2, 0.25) is 0 Å². The molecule has 2 aromatic rings. The van der Waals surface area contributed by atoms with Crippen molar-refractivity contribution in [3.8, 4) is 6.07 Å². The van der Waals surface area contributed by atoms with Crippen LogP contribution in [-0.2, 0) is 0 Å². The fraction of sp³-hybridized carbons (Fsp3) is 0.231. The highest BCUT2D eigenvalue weighted by molar-refractivity contribution is 8.15. The molecule has 0 amide bonds. The molecule has 4 heteroatoms. The fourth-order valence-electron chi connectivity index (χ4n) is 1.80. The van der Waals surface area contributed by atoms with Gasteiger partial charge in [0.15, 0.2) is 0 Å². The molecule has 0 bridgehead atoms. The fourth-order valence-corrected chi connectivity index (χ4v) is 3.47. The molecule has 0 saturated heterocycles. The summed E-state index contributed by atoms with van der Waals surface area (Å²) in [6.07, 6.45) is 4.17. The van der Waals surface area contributed by atoms with Crippen molar-refractivity contribution < 1.29 is 0 Å². The Morgan fingerprint density at radius 2 is 1.94 bits per heavy atom. The number of hydrogen-bond acceptors (Lipinski definition) is 4. The normalized spacial score (nSPS) is 10.7. The molecule has 2 nitrogen and oxygen atoms in total. The van der Waals surface area contributed by atoms with Crippen molar-refractivity contribution in [1.82, 2.24) is 4.98 Å². The maximum atomic E-state index is 9.02. The SMILES string of the molecule is CSC(SC)c1cc(C#N)nc2ccccc12. The van der Waals surface area contributed by atoms with Gasteiger partial charge in [0.25, 0.3) is 0 Å². The summed E-state index contributed by atoms with van der Waals surface area (Å²) in [6.45, 7) is 0. The smallest absolute Gasteiger partial charge is 0.141 e. The average Bonchev–Trinajstić information content (AvgIpc) is 2.39. The van der Waals surface area contributed by atoms with Gasteiger partial charge in [-0.1, -0.05) is 18.2 Å². The van der Waals surface area contributed by atoms with Gasteiger partial charge in [-0.05, 0) is 30.2 Å². The van der Waals surface area contributed by atoms with Crippen molar-refractivity contribution in [2.75, 3.05) is 12.5 Å². The van der Waals surface area contributed by atoms with Crippen LogP contribution in [0.1, 0.15) is 15.8 Å². The average molecular weight is 260 g/mol. The monoisotopic (exact) mass is 260 g/mol. The summed E-state index contributed by atoms with van der Waals surface area (Å²) >= 11 is 3.57. The van der Waals surface area contributed by atoms with Crippen LogP contribution in [-0.4, -0.2) is 17.5 Å². The Bertz CT molecular complexity index is 571. The zero-order chi connectivity index (χ0) is 12.3. The quantitative estimate of drug-likeness (QED) is 0.786. The molecule has 1 aromatic heterocycles. The lowest BCUT2D eigenvalue weighted by Gasteiger charge is -2.14. The van der Waals surface area contributed by atoms with E-state index in [1.165, 1.54) is 5.56 Å². The van der Waals surface area contributed by atoms with Crippen LogP contribution in [0.4, 0.5) is 0 Å². The standard InChI is InChI=1S/C13H12N2S2/c1-16-13(17-2)11-7-9(8-14)15-12-6-4-3-5-10(11)12/h3-7,13H,1-2H3. The Kier molecular flexibility index (Phi) is 3.93. The van der Waals surface area contributed by atoms with Crippen molar-refractivity contribution in [3.63, 3.8) is 0 Å². The van der Waals surface area contributed by atoms with E-state index in [0.29, 0.717) is 10.3 Å². The van der Waals surface area contributed by atoms with Gasteiger partial charge in [-0.15, -0.1) is 23.5 Å². The van der Waals surface area contributed by atoms with Crippen molar-refractivity contribution in [2.24, 2.45) is 0 Å².